The molecule has 1 saturated heterocycles. The van der Waals surface area contributed by atoms with Crippen LogP contribution in [0.2, 0.25) is 0 Å². The Hall–Kier alpha value is -1.36. The van der Waals surface area contributed by atoms with E-state index in [-0.39, 0.29) is 5.92 Å². The van der Waals surface area contributed by atoms with Crippen molar-refractivity contribution in [1.29, 1.82) is 0 Å². The minimum Gasteiger partial charge on any atom is -0.481 e. The van der Waals surface area contributed by atoms with Crippen LogP contribution in [0.4, 0.5) is 0 Å². The number of rotatable bonds is 4. The van der Waals surface area contributed by atoms with Gasteiger partial charge in [0.1, 0.15) is 5.82 Å². The summed E-state index contributed by atoms with van der Waals surface area (Å²) in [6.07, 6.45) is 4.42. The van der Waals surface area contributed by atoms with E-state index in [1.54, 1.807) is 6.20 Å². The molecule has 1 N–H and O–H groups in total. The highest BCUT2D eigenvalue weighted by Crippen LogP contribution is 2.38. The van der Waals surface area contributed by atoms with Gasteiger partial charge in [-0.2, -0.15) is 0 Å². The molecule has 0 spiro atoms. The first-order chi connectivity index (χ1) is 8.45. The summed E-state index contributed by atoms with van der Waals surface area (Å²) < 4.78 is 1.98. The van der Waals surface area contributed by atoms with Gasteiger partial charge in [0.25, 0.3) is 0 Å². The third-order valence-corrected chi connectivity index (χ3v) is 4.20. The lowest BCUT2D eigenvalue weighted by atomic mass is 9.76. The van der Waals surface area contributed by atoms with E-state index in [0.717, 1.165) is 25.3 Å². The molecule has 2 heterocycles. The van der Waals surface area contributed by atoms with Gasteiger partial charge in [-0.1, -0.05) is 13.8 Å². The number of aromatic nitrogens is 2. The topological polar surface area (TPSA) is 58.4 Å². The van der Waals surface area contributed by atoms with E-state index < -0.39 is 11.4 Å². The summed E-state index contributed by atoms with van der Waals surface area (Å²) in [7, 11) is 1.96. The molecule has 0 aliphatic carbocycles. The highest BCUT2D eigenvalue weighted by atomic mass is 16.4. The van der Waals surface area contributed by atoms with Crippen LogP contribution >= 0.6 is 0 Å². The van der Waals surface area contributed by atoms with Crippen LogP contribution in [0.3, 0.4) is 0 Å². The van der Waals surface area contributed by atoms with Crippen LogP contribution in [-0.4, -0.2) is 38.6 Å². The lowest BCUT2D eigenvalue weighted by molar-refractivity contribution is -0.151. The van der Waals surface area contributed by atoms with Gasteiger partial charge < -0.3 is 9.67 Å². The molecule has 0 amide bonds. The van der Waals surface area contributed by atoms with Crippen LogP contribution in [-0.2, 0) is 18.4 Å². The second-order valence-corrected chi connectivity index (χ2v) is 5.53. The van der Waals surface area contributed by atoms with Crippen molar-refractivity contribution in [3.05, 3.63) is 18.2 Å². The van der Waals surface area contributed by atoms with Gasteiger partial charge >= 0.3 is 5.97 Å². The first kappa shape index (κ1) is 13.1. The number of hydrogen-bond acceptors (Lipinski definition) is 3. The van der Waals surface area contributed by atoms with Crippen LogP contribution in [0.5, 0.6) is 0 Å². The molecule has 0 bridgehead atoms. The molecule has 1 aliphatic rings. The number of likely N-dealkylation sites (tertiary alicyclic amines) is 1. The molecular formula is C13H21N3O2. The fourth-order valence-corrected chi connectivity index (χ4v) is 2.69. The molecule has 100 valence electrons. The third kappa shape index (κ3) is 2.14. The number of imidazole rings is 1. The molecule has 5 nitrogen and oxygen atoms in total. The Morgan fingerprint density at radius 1 is 1.61 bits per heavy atom. The lowest BCUT2D eigenvalue weighted by Gasteiger charge is -2.28. The molecule has 1 fully saturated rings. The minimum atomic E-state index is -0.667. The fourth-order valence-electron chi connectivity index (χ4n) is 2.69. The zero-order chi connectivity index (χ0) is 13.3. The van der Waals surface area contributed by atoms with Crippen molar-refractivity contribution in [3.63, 3.8) is 0 Å². The largest absolute Gasteiger partial charge is 0.481 e. The quantitative estimate of drug-likeness (QED) is 0.877. The Bertz CT molecular complexity index is 441. The van der Waals surface area contributed by atoms with Crippen LogP contribution in [0.15, 0.2) is 12.4 Å². The Morgan fingerprint density at radius 2 is 2.33 bits per heavy atom. The molecular weight excluding hydrogens is 230 g/mol. The van der Waals surface area contributed by atoms with Crippen molar-refractivity contribution < 1.29 is 9.90 Å². The van der Waals surface area contributed by atoms with Gasteiger partial charge in [-0.3, -0.25) is 9.69 Å². The SMILES string of the molecule is CC(C)C1(C(=O)O)CCN(Cc2nccn2C)C1. The standard InChI is InChI=1S/C13H21N3O2/c1-10(2)13(12(17)18)4-6-16(9-13)8-11-14-5-7-15(11)3/h5,7,10H,4,6,8-9H2,1-3H3,(H,17,18). The monoisotopic (exact) mass is 251 g/mol. The van der Waals surface area contributed by atoms with Gasteiger partial charge in [-0.05, 0) is 18.9 Å². The molecule has 1 atom stereocenters. The van der Waals surface area contributed by atoms with Crippen molar-refractivity contribution in [1.82, 2.24) is 14.5 Å². The van der Waals surface area contributed by atoms with Crippen molar-refractivity contribution >= 4 is 5.97 Å². The van der Waals surface area contributed by atoms with Crippen molar-refractivity contribution in [2.45, 2.75) is 26.8 Å². The molecule has 0 aromatic carbocycles. The highest BCUT2D eigenvalue weighted by molar-refractivity contribution is 5.75. The lowest BCUT2D eigenvalue weighted by Crippen LogP contribution is -2.39. The number of nitrogens with zero attached hydrogens (tertiary/aromatic N) is 3. The molecule has 5 heteroatoms. The van der Waals surface area contributed by atoms with Crippen LogP contribution in [0.25, 0.3) is 0 Å². The molecule has 1 unspecified atom stereocenters. The fraction of sp³-hybridized carbons (Fsp3) is 0.692. The van der Waals surface area contributed by atoms with E-state index in [4.69, 9.17) is 0 Å². The summed E-state index contributed by atoms with van der Waals surface area (Å²) in [4.78, 5) is 18.0. The van der Waals surface area contributed by atoms with Gasteiger partial charge in [0.05, 0.1) is 12.0 Å². The van der Waals surface area contributed by atoms with Crippen LogP contribution in [0.1, 0.15) is 26.1 Å². The first-order valence-corrected chi connectivity index (χ1v) is 6.37. The molecule has 1 aromatic heterocycles. The summed E-state index contributed by atoms with van der Waals surface area (Å²) in [6.45, 7) is 6.17. The number of hydrogen-bond donors (Lipinski definition) is 1. The van der Waals surface area contributed by atoms with E-state index in [9.17, 15) is 9.90 Å². The third-order valence-electron chi connectivity index (χ3n) is 4.20. The maximum atomic E-state index is 11.5. The Kier molecular flexibility index (Phi) is 3.43. The molecule has 1 aliphatic heterocycles. The van der Waals surface area contributed by atoms with E-state index in [0.29, 0.717) is 6.54 Å². The van der Waals surface area contributed by atoms with Gasteiger partial charge in [0.2, 0.25) is 0 Å². The summed E-state index contributed by atoms with van der Waals surface area (Å²) in [5.41, 5.74) is -0.592. The molecule has 0 saturated carbocycles. The summed E-state index contributed by atoms with van der Waals surface area (Å²) >= 11 is 0. The average molecular weight is 251 g/mol. The summed E-state index contributed by atoms with van der Waals surface area (Å²) in [5, 5.41) is 9.49. The smallest absolute Gasteiger partial charge is 0.311 e. The molecule has 2 rings (SSSR count). The normalized spacial score (nSPS) is 24.9. The molecule has 18 heavy (non-hydrogen) atoms. The zero-order valence-electron chi connectivity index (χ0n) is 11.3. The number of aryl methyl sites for hydroxylation is 1. The van der Waals surface area contributed by atoms with Gasteiger partial charge in [0.15, 0.2) is 0 Å². The maximum Gasteiger partial charge on any atom is 0.311 e. The molecule has 0 radical (unpaired) electrons. The van der Waals surface area contributed by atoms with Gasteiger partial charge in [0, 0.05) is 26.0 Å². The number of carboxylic acid groups (broad SMARTS) is 1. The minimum absolute atomic E-state index is 0.154. The number of carboxylic acids is 1. The first-order valence-electron chi connectivity index (χ1n) is 6.37. The Morgan fingerprint density at radius 3 is 2.78 bits per heavy atom. The predicted molar refractivity (Wildman–Crippen MR) is 68.0 cm³/mol. The van der Waals surface area contributed by atoms with Crippen LogP contribution in [0, 0.1) is 11.3 Å². The highest BCUT2D eigenvalue weighted by Gasteiger charge is 2.47. The maximum absolute atomic E-state index is 11.5. The van der Waals surface area contributed by atoms with Gasteiger partial charge in [-0.15, -0.1) is 0 Å². The second kappa shape index (κ2) is 4.72. The van der Waals surface area contributed by atoms with E-state index in [2.05, 4.69) is 9.88 Å². The average Bonchev–Trinajstić information content (AvgIpc) is 2.88. The van der Waals surface area contributed by atoms with Gasteiger partial charge in [-0.25, -0.2) is 4.98 Å². The van der Waals surface area contributed by atoms with Crippen molar-refractivity contribution in [2.75, 3.05) is 13.1 Å². The van der Waals surface area contributed by atoms with Crippen molar-refractivity contribution in [2.24, 2.45) is 18.4 Å². The Labute approximate surface area is 107 Å². The number of aliphatic carboxylic acids is 1. The summed E-state index contributed by atoms with van der Waals surface area (Å²) in [6, 6.07) is 0. The summed E-state index contributed by atoms with van der Waals surface area (Å²) in [5.74, 6) is 0.473. The van der Waals surface area contributed by atoms with E-state index in [1.165, 1.54) is 0 Å². The second-order valence-electron chi connectivity index (χ2n) is 5.53. The van der Waals surface area contributed by atoms with E-state index >= 15 is 0 Å². The predicted octanol–water partition coefficient (Wildman–Crippen LogP) is 1.35. The number of carbonyl (C=O) groups is 1. The van der Waals surface area contributed by atoms with Crippen LogP contribution < -0.4 is 0 Å². The zero-order valence-corrected chi connectivity index (χ0v) is 11.3. The van der Waals surface area contributed by atoms with Crippen molar-refractivity contribution in [3.8, 4) is 0 Å². The molecule has 1 aromatic rings. The Balaban J connectivity index is 2.08. The van der Waals surface area contributed by atoms with E-state index in [1.807, 2.05) is 31.7 Å².